The smallest absolute Gasteiger partial charge is 0.334 e. The molecule has 0 amide bonds. The fourth-order valence-electron chi connectivity index (χ4n) is 2.59. The normalized spacial score (nSPS) is 22.2. The topological polar surface area (TPSA) is 91.4 Å². The highest BCUT2D eigenvalue weighted by atomic mass is 16.6. The number of hydrogen-bond donors (Lipinski definition) is 0. The van der Waals surface area contributed by atoms with Gasteiger partial charge in [0.2, 0.25) is 0 Å². The van der Waals surface area contributed by atoms with Crippen LogP contribution in [-0.4, -0.2) is 50.4 Å². The van der Waals surface area contributed by atoms with Crippen molar-refractivity contribution in [2.24, 2.45) is 5.92 Å². The zero-order valence-corrected chi connectivity index (χ0v) is 14.7. The SMILES string of the molecule is C=C(C)C(=O)OCCOC(=O)C1=C(C(=O)OCC2CO2)CCCC1C. The van der Waals surface area contributed by atoms with Crippen molar-refractivity contribution < 1.29 is 33.3 Å². The van der Waals surface area contributed by atoms with Gasteiger partial charge in [0.1, 0.15) is 25.9 Å². The van der Waals surface area contributed by atoms with Crippen molar-refractivity contribution in [1.29, 1.82) is 0 Å². The summed E-state index contributed by atoms with van der Waals surface area (Å²) in [4.78, 5) is 35.9. The van der Waals surface area contributed by atoms with Crippen molar-refractivity contribution in [3.63, 3.8) is 0 Å². The average molecular weight is 352 g/mol. The molecule has 2 rings (SSSR count). The van der Waals surface area contributed by atoms with E-state index in [0.29, 0.717) is 24.2 Å². The van der Waals surface area contributed by atoms with Crippen LogP contribution >= 0.6 is 0 Å². The van der Waals surface area contributed by atoms with Crippen molar-refractivity contribution in [2.75, 3.05) is 26.4 Å². The van der Waals surface area contributed by atoms with Crippen LogP contribution in [0.3, 0.4) is 0 Å². The van der Waals surface area contributed by atoms with E-state index in [0.717, 1.165) is 12.8 Å². The number of carbonyl (C=O) groups excluding carboxylic acids is 3. The van der Waals surface area contributed by atoms with E-state index >= 15 is 0 Å². The third-order valence-corrected chi connectivity index (χ3v) is 4.05. The molecule has 0 bridgehead atoms. The predicted octanol–water partition coefficient (Wildman–Crippen LogP) is 1.71. The number of hydrogen-bond acceptors (Lipinski definition) is 7. The lowest BCUT2D eigenvalue weighted by molar-refractivity contribution is -0.148. The number of esters is 3. The Labute approximate surface area is 146 Å². The molecule has 2 atom stereocenters. The average Bonchev–Trinajstić information content (AvgIpc) is 3.40. The molecule has 1 aliphatic carbocycles. The largest absolute Gasteiger partial charge is 0.459 e. The van der Waals surface area contributed by atoms with Crippen molar-refractivity contribution in [2.45, 2.75) is 39.2 Å². The molecule has 0 aromatic carbocycles. The molecule has 0 spiro atoms. The summed E-state index contributed by atoms with van der Waals surface area (Å²) >= 11 is 0. The van der Waals surface area contributed by atoms with Gasteiger partial charge >= 0.3 is 17.9 Å². The third kappa shape index (κ3) is 5.70. The van der Waals surface area contributed by atoms with Crippen molar-refractivity contribution in [3.05, 3.63) is 23.3 Å². The van der Waals surface area contributed by atoms with Crippen molar-refractivity contribution >= 4 is 17.9 Å². The summed E-state index contributed by atoms with van der Waals surface area (Å²) in [6.07, 6.45) is 2.09. The molecule has 138 valence electrons. The van der Waals surface area contributed by atoms with Crippen LogP contribution in [0.5, 0.6) is 0 Å². The van der Waals surface area contributed by atoms with E-state index < -0.39 is 17.9 Å². The molecule has 7 heteroatoms. The number of carbonyl (C=O) groups is 3. The van der Waals surface area contributed by atoms with E-state index in [4.69, 9.17) is 18.9 Å². The molecule has 7 nitrogen and oxygen atoms in total. The van der Waals surface area contributed by atoms with Gasteiger partial charge in [-0.25, -0.2) is 14.4 Å². The van der Waals surface area contributed by atoms with Gasteiger partial charge in [-0.3, -0.25) is 0 Å². The highest BCUT2D eigenvalue weighted by Crippen LogP contribution is 2.31. The Morgan fingerprint density at radius 2 is 1.84 bits per heavy atom. The first-order valence-electron chi connectivity index (χ1n) is 8.41. The maximum Gasteiger partial charge on any atom is 0.334 e. The van der Waals surface area contributed by atoms with Gasteiger partial charge in [-0.2, -0.15) is 0 Å². The summed E-state index contributed by atoms with van der Waals surface area (Å²) in [5, 5.41) is 0. The van der Waals surface area contributed by atoms with E-state index in [2.05, 4.69) is 6.58 Å². The second-order valence-corrected chi connectivity index (χ2v) is 6.29. The van der Waals surface area contributed by atoms with Crippen LogP contribution < -0.4 is 0 Å². The van der Waals surface area contributed by atoms with Crippen LogP contribution in [0.25, 0.3) is 0 Å². The molecule has 0 aromatic rings. The minimum atomic E-state index is -0.562. The Balaban J connectivity index is 1.92. The first kappa shape index (κ1) is 19.2. The number of ether oxygens (including phenoxy) is 4. The molecular formula is C18H24O7. The van der Waals surface area contributed by atoms with E-state index in [1.807, 2.05) is 6.92 Å². The van der Waals surface area contributed by atoms with Crippen LogP contribution in [0, 0.1) is 5.92 Å². The van der Waals surface area contributed by atoms with E-state index in [1.165, 1.54) is 6.92 Å². The summed E-state index contributed by atoms with van der Waals surface area (Å²) in [5.74, 6) is -1.66. The van der Waals surface area contributed by atoms with Crippen molar-refractivity contribution in [1.82, 2.24) is 0 Å². The molecule has 1 fully saturated rings. The lowest BCUT2D eigenvalue weighted by Crippen LogP contribution is -2.26. The first-order valence-corrected chi connectivity index (χ1v) is 8.41. The number of rotatable bonds is 8. The highest BCUT2D eigenvalue weighted by molar-refractivity contribution is 6.01. The molecule has 1 aliphatic heterocycles. The summed E-state index contributed by atoms with van der Waals surface area (Å²) in [5.41, 5.74) is 1.02. The van der Waals surface area contributed by atoms with Gasteiger partial charge in [0.05, 0.1) is 12.2 Å². The van der Waals surface area contributed by atoms with E-state index in [9.17, 15) is 14.4 Å². The Kier molecular flexibility index (Phi) is 6.75. The molecular weight excluding hydrogens is 328 g/mol. The van der Waals surface area contributed by atoms with Gasteiger partial charge < -0.3 is 18.9 Å². The molecule has 0 N–H and O–H groups in total. The zero-order chi connectivity index (χ0) is 18.4. The Hall–Kier alpha value is -2.15. The Morgan fingerprint density at radius 3 is 2.48 bits per heavy atom. The van der Waals surface area contributed by atoms with Gasteiger partial charge in [0, 0.05) is 11.1 Å². The van der Waals surface area contributed by atoms with Crippen molar-refractivity contribution in [3.8, 4) is 0 Å². The van der Waals surface area contributed by atoms with Gasteiger partial charge in [0.15, 0.2) is 0 Å². The lowest BCUT2D eigenvalue weighted by atomic mass is 9.84. The molecule has 25 heavy (non-hydrogen) atoms. The summed E-state index contributed by atoms with van der Waals surface area (Å²) in [6, 6.07) is 0. The van der Waals surface area contributed by atoms with Gasteiger partial charge in [-0.15, -0.1) is 0 Å². The van der Waals surface area contributed by atoms with Crippen LogP contribution in [0.2, 0.25) is 0 Å². The molecule has 1 saturated heterocycles. The minimum absolute atomic E-state index is 0.0241. The second kappa shape index (κ2) is 8.80. The van der Waals surface area contributed by atoms with E-state index in [-0.39, 0.29) is 37.4 Å². The Bertz CT molecular complexity index is 586. The van der Waals surface area contributed by atoms with Crippen LogP contribution in [-0.2, 0) is 33.3 Å². The van der Waals surface area contributed by atoms with Gasteiger partial charge in [0.25, 0.3) is 0 Å². The molecule has 0 saturated carbocycles. The highest BCUT2D eigenvalue weighted by Gasteiger charge is 2.32. The quantitative estimate of drug-likeness (QED) is 0.216. The fourth-order valence-corrected chi connectivity index (χ4v) is 2.59. The van der Waals surface area contributed by atoms with E-state index in [1.54, 1.807) is 0 Å². The molecule has 0 aromatic heterocycles. The fraction of sp³-hybridized carbons (Fsp3) is 0.611. The van der Waals surface area contributed by atoms with Gasteiger partial charge in [-0.05, 0) is 32.1 Å². The molecule has 2 aliphatic rings. The standard InChI is InChI=1S/C18H24O7/c1-11(2)16(19)22-7-8-23-18(21)15-12(3)5-4-6-14(15)17(20)25-10-13-9-24-13/h12-13H,1,4-10H2,2-3H3. The summed E-state index contributed by atoms with van der Waals surface area (Å²) in [7, 11) is 0. The predicted molar refractivity (Wildman–Crippen MR) is 87.5 cm³/mol. The molecule has 1 heterocycles. The van der Waals surface area contributed by atoms with Crippen LogP contribution in [0.1, 0.15) is 33.1 Å². The third-order valence-electron chi connectivity index (χ3n) is 4.05. The number of epoxide rings is 1. The maximum absolute atomic E-state index is 12.4. The maximum atomic E-state index is 12.4. The molecule has 0 radical (unpaired) electrons. The Morgan fingerprint density at radius 1 is 1.16 bits per heavy atom. The first-order chi connectivity index (χ1) is 11.9. The monoisotopic (exact) mass is 352 g/mol. The second-order valence-electron chi connectivity index (χ2n) is 6.29. The lowest BCUT2D eigenvalue weighted by Gasteiger charge is -2.23. The molecule has 2 unspecified atom stereocenters. The van der Waals surface area contributed by atoms with Crippen LogP contribution in [0.4, 0.5) is 0 Å². The summed E-state index contributed by atoms with van der Waals surface area (Å²) in [6.45, 7) is 7.55. The summed E-state index contributed by atoms with van der Waals surface area (Å²) < 4.78 is 20.3. The zero-order valence-electron chi connectivity index (χ0n) is 14.7. The minimum Gasteiger partial charge on any atom is -0.459 e. The van der Waals surface area contributed by atoms with Gasteiger partial charge in [-0.1, -0.05) is 13.5 Å². The van der Waals surface area contributed by atoms with Crippen LogP contribution in [0.15, 0.2) is 23.3 Å².